The van der Waals surface area contributed by atoms with Gasteiger partial charge < -0.3 is 5.11 Å². The number of tetrazole rings is 1. The molecule has 2 N–H and O–H groups in total. The molecule has 0 aliphatic heterocycles. The Balaban J connectivity index is 1.53. The minimum Gasteiger partial charge on any atom is -0.481 e. The molecule has 1 aliphatic carbocycles. The lowest BCUT2D eigenvalue weighted by Gasteiger charge is -2.36. The fourth-order valence-electron chi connectivity index (χ4n) is 6.47. The molecule has 1 aliphatic rings. The highest BCUT2D eigenvalue weighted by molar-refractivity contribution is 5.71. The average Bonchev–Trinajstić information content (AvgIpc) is 3.61. The lowest BCUT2D eigenvalue weighted by atomic mass is 9.74. The molecular weight excluding hydrogens is 530 g/mol. The van der Waals surface area contributed by atoms with Crippen LogP contribution in [0.15, 0.2) is 53.6 Å². The standard InChI is InChI=1S/C32H41N7O3/c1-4-5-12-26-20-39(29-27(21(2)3)13-7-6-8-14-28(29)31(40)41)32(42)38(26)19-25-18-23(15-16-33-25)22-10-9-11-24(17-22)30-34-36-37-35-30/h9-11,15-18,20-21,27-29H,4-8,12-14,19H2,1-3H3,(H,40,41)(H,34,35,36,37). The number of nitrogens with zero attached hydrogens (tertiary/aromatic N) is 6. The number of carboxylic acids is 1. The van der Waals surface area contributed by atoms with E-state index in [1.807, 2.05) is 47.2 Å². The molecule has 1 saturated carbocycles. The van der Waals surface area contributed by atoms with Crippen molar-refractivity contribution in [1.29, 1.82) is 0 Å². The van der Waals surface area contributed by atoms with Crippen molar-refractivity contribution in [2.24, 2.45) is 17.8 Å². The van der Waals surface area contributed by atoms with Gasteiger partial charge in [0.1, 0.15) is 0 Å². The summed E-state index contributed by atoms with van der Waals surface area (Å²) in [6.45, 7) is 6.76. The van der Waals surface area contributed by atoms with E-state index in [2.05, 4.69) is 46.4 Å². The Morgan fingerprint density at radius 1 is 1.10 bits per heavy atom. The molecule has 3 unspecified atom stereocenters. The summed E-state index contributed by atoms with van der Waals surface area (Å²) in [4.78, 5) is 31.4. The van der Waals surface area contributed by atoms with Crippen LogP contribution in [0.1, 0.15) is 83.1 Å². The second-order valence-electron chi connectivity index (χ2n) is 11.8. The van der Waals surface area contributed by atoms with Crippen LogP contribution >= 0.6 is 0 Å². The summed E-state index contributed by atoms with van der Waals surface area (Å²) in [5.41, 5.74) is 4.36. The van der Waals surface area contributed by atoms with E-state index < -0.39 is 11.9 Å². The Hall–Kier alpha value is -4.08. The smallest absolute Gasteiger partial charge is 0.328 e. The molecule has 0 bridgehead atoms. The second kappa shape index (κ2) is 13.3. The van der Waals surface area contributed by atoms with Crippen molar-refractivity contribution in [3.05, 3.63) is 70.7 Å². The van der Waals surface area contributed by atoms with Gasteiger partial charge in [-0.3, -0.25) is 18.9 Å². The Morgan fingerprint density at radius 2 is 1.88 bits per heavy atom. The monoisotopic (exact) mass is 571 g/mol. The third-order valence-corrected chi connectivity index (χ3v) is 8.71. The van der Waals surface area contributed by atoms with Crippen molar-refractivity contribution in [3.63, 3.8) is 0 Å². The fourth-order valence-corrected chi connectivity index (χ4v) is 6.47. The number of aryl methyl sites for hydroxylation is 1. The number of carbonyl (C=O) groups is 1. The number of unbranched alkanes of at least 4 members (excludes halogenated alkanes) is 1. The molecule has 0 radical (unpaired) electrons. The number of rotatable bonds is 10. The van der Waals surface area contributed by atoms with Gasteiger partial charge >= 0.3 is 11.7 Å². The molecule has 10 nitrogen and oxygen atoms in total. The van der Waals surface area contributed by atoms with Gasteiger partial charge in [-0.1, -0.05) is 64.7 Å². The first kappa shape index (κ1) is 29.4. The first-order valence-electron chi connectivity index (χ1n) is 15.2. The summed E-state index contributed by atoms with van der Waals surface area (Å²) in [6, 6.07) is 11.5. The van der Waals surface area contributed by atoms with Gasteiger partial charge in [-0.15, -0.1) is 10.2 Å². The van der Waals surface area contributed by atoms with E-state index in [0.717, 1.165) is 73.0 Å². The van der Waals surface area contributed by atoms with E-state index in [0.29, 0.717) is 18.8 Å². The van der Waals surface area contributed by atoms with Crippen LogP contribution in [0.25, 0.3) is 22.5 Å². The van der Waals surface area contributed by atoms with Crippen molar-refractivity contribution in [2.45, 2.75) is 84.7 Å². The Labute approximate surface area is 246 Å². The number of benzene rings is 1. The third kappa shape index (κ3) is 6.37. The number of hydrogen-bond acceptors (Lipinski definition) is 6. The van der Waals surface area contributed by atoms with Crippen LogP contribution < -0.4 is 5.69 Å². The molecule has 1 aromatic carbocycles. The fraction of sp³-hybridized carbons (Fsp3) is 0.500. The van der Waals surface area contributed by atoms with Gasteiger partial charge in [0.15, 0.2) is 0 Å². The maximum absolute atomic E-state index is 14.2. The van der Waals surface area contributed by atoms with Crippen molar-refractivity contribution in [1.82, 2.24) is 34.7 Å². The Kier molecular flexibility index (Phi) is 9.29. The molecule has 0 amide bonds. The van der Waals surface area contributed by atoms with Crippen LogP contribution in [0.3, 0.4) is 0 Å². The number of hydrogen-bond donors (Lipinski definition) is 2. The van der Waals surface area contributed by atoms with E-state index in [9.17, 15) is 14.7 Å². The predicted molar refractivity (Wildman–Crippen MR) is 161 cm³/mol. The third-order valence-electron chi connectivity index (χ3n) is 8.71. The molecule has 222 valence electrons. The summed E-state index contributed by atoms with van der Waals surface area (Å²) in [5.74, 6) is -0.483. The zero-order valence-corrected chi connectivity index (χ0v) is 24.7. The first-order chi connectivity index (χ1) is 20.4. The zero-order valence-electron chi connectivity index (χ0n) is 24.7. The molecule has 42 heavy (non-hydrogen) atoms. The minimum absolute atomic E-state index is 0.118. The topological polar surface area (TPSA) is 132 Å². The van der Waals surface area contributed by atoms with Crippen LogP contribution in [-0.2, 0) is 17.8 Å². The van der Waals surface area contributed by atoms with Gasteiger partial charge in [-0.2, -0.15) is 5.21 Å². The molecule has 0 saturated heterocycles. The average molecular weight is 572 g/mol. The van der Waals surface area contributed by atoms with Gasteiger partial charge in [-0.05, 0) is 72.1 Å². The quantitative estimate of drug-likeness (QED) is 0.247. The summed E-state index contributed by atoms with van der Waals surface area (Å²) in [5, 5.41) is 24.6. The molecule has 4 aromatic rings. The summed E-state index contributed by atoms with van der Waals surface area (Å²) in [6.07, 6.45) is 10.9. The highest BCUT2D eigenvalue weighted by Gasteiger charge is 2.39. The van der Waals surface area contributed by atoms with Gasteiger partial charge in [0, 0.05) is 23.7 Å². The van der Waals surface area contributed by atoms with Gasteiger partial charge in [0.2, 0.25) is 5.82 Å². The number of aromatic nitrogens is 7. The second-order valence-corrected chi connectivity index (χ2v) is 11.8. The lowest BCUT2D eigenvalue weighted by Crippen LogP contribution is -2.40. The summed E-state index contributed by atoms with van der Waals surface area (Å²) < 4.78 is 3.59. The van der Waals surface area contributed by atoms with E-state index in [-0.39, 0.29) is 23.6 Å². The molecule has 3 heterocycles. The van der Waals surface area contributed by atoms with Crippen LogP contribution in [0.2, 0.25) is 0 Å². The van der Waals surface area contributed by atoms with Crippen molar-refractivity contribution < 1.29 is 9.90 Å². The maximum atomic E-state index is 14.2. The molecule has 0 spiro atoms. The number of imidazole rings is 1. The van der Waals surface area contributed by atoms with Gasteiger partial charge in [-0.25, -0.2) is 4.79 Å². The Bertz CT molecular complexity index is 1540. The van der Waals surface area contributed by atoms with E-state index in [4.69, 9.17) is 0 Å². The number of carboxylic acid groups (broad SMARTS) is 1. The normalized spacial score (nSPS) is 19.5. The molecule has 3 atom stereocenters. The Morgan fingerprint density at radius 3 is 2.62 bits per heavy atom. The van der Waals surface area contributed by atoms with Crippen molar-refractivity contribution in [2.75, 3.05) is 0 Å². The van der Waals surface area contributed by atoms with Crippen LogP contribution in [-0.4, -0.2) is 45.8 Å². The molecule has 1 fully saturated rings. The van der Waals surface area contributed by atoms with Crippen molar-refractivity contribution >= 4 is 5.97 Å². The molecular formula is C32H41N7O3. The van der Waals surface area contributed by atoms with Crippen LogP contribution in [0.4, 0.5) is 0 Å². The molecule has 3 aromatic heterocycles. The lowest BCUT2D eigenvalue weighted by molar-refractivity contribution is -0.145. The number of nitrogens with one attached hydrogen (secondary N) is 1. The van der Waals surface area contributed by atoms with E-state index in [1.165, 1.54) is 0 Å². The first-order valence-corrected chi connectivity index (χ1v) is 15.2. The number of H-pyrrole nitrogens is 1. The predicted octanol–water partition coefficient (Wildman–Crippen LogP) is 5.76. The number of aliphatic carboxylic acids is 1. The van der Waals surface area contributed by atoms with Crippen LogP contribution in [0, 0.1) is 17.8 Å². The minimum atomic E-state index is -0.806. The van der Waals surface area contributed by atoms with E-state index >= 15 is 0 Å². The summed E-state index contributed by atoms with van der Waals surface area (Å²) >= 11 is 0. The van der Waals surface area contributed by atoms with Crippen molar-refractivity contribution in [3.8, 4) is 22.5 Å². The zero-order chi connectivity index (χ0) is 29.6. The SMILES string of the molecule is CCCCc1cn(C2C(C(=O)O)CCCCCC2C(C)C)c(=O)n1Cc1cc(-c2cccc(-c3nn[nH]n3)c2)ccn1. The highest BCUT2D eigenvalue weighted by atomic mass is 16.4. The largest absolute Gasteiger partial charge is 0.481 e. The van der Waals surface area contributed by atoms with Gasteiger partial charge in [0.25, 0.3) is 0 Å². The summed E-state index contributed by atoms with van der Waals surface area (Å²) in [7, 11) is 0. The van der Waals surface area contributed by atoms with Gasteiger partial charge in [0.05, 0.1) is 24.2 Å². The number of pyridine rings is 1. The van der Waals surface area contributed by atoms with Crippen LogP contribution in [0.5, 0.6) is 0 Å². The van der Waals surface area contributed by atoms with E-state index in [1.54, 1.807) is 10.8 Å². The molecule has 5 rings (SSSR count). The highest BCUT2D eigenvalue weighted by Crippen LogP contribution is 2.40. The maximum Gasteiger partial charge on any atom is 0.328 e. The number of aromatic amines is 1. The molecule has 10 heteroatoms.